The fourth-order valence-electron chi connectivity index (χ4n) is 2.54. The molecule has 0 radical (unpaired) electrons. The molecule has 0 amide bonds. The summed E-state index contributed by atoms with van der Waals surface area (Å²) in [6.45, 7) is 0. The van der Waals surface area contributed by atoms with Crippen molar-refractivity contribution in [1.29, 1.82) is 0 Å². The lowest BCUT2D eigenvalue weighted by atomic mass is 9.99. The normalized spacial score (nSPS) is 33.7. The van der Waals surface area contributed by atoms with Gasteiger partial charge in [0.15, 0.2) is 52.0 Å². The third-order valence-corrected chi connectivity index (χ3v) is 23.8. The fourth-order valence-corrected chi connectivity index (χ4v) is 12.0. The minimum absolute atomic E-state index is 2.36. The first-order valence-electron chi connectivity index (χ1n) is 8.08. The van der Waals surface area contributed by atoms with Crippen molar-refractivity contribution in [2.45, 2.75) is 57.4 Å². The summed E-state index contributed by atoms with van der Waals surface area (Å²) < 4.78 is -38.8. The highest BCUT2D eigenvalue weighted by Gasteiger charge is 2.87. The summed E-state index contributed by atoms with van der Waals surface area (Å²) in [5, 5.41) is -2.36. The van der Waals surface area contributed by atoms with Crippen LogP contribution < -0.4 is 0 Å². The molecule has 1 aliphatic carbocycles. The lowest BCUT2D eigenvalue weighted by molar-refractivity contribution is 0.422. The van der Waals surface area contributed by atoms with E-state index in [0.717, 1.165) is 0 Å². The molecule has 0 bridgehead atoms. The van der Waals surface area contributed by atoms with Crippen LogP contribution in [0.1, 0.15) is 0 Å². The van der Waals surface area contributed by atoms with E-state index in [0.29, 0.717) is 0 Å². The maximum absolute atomic E-state index is 6.41. The first-order valence-corrected chi connectivity index (χ1v) is 17.6. The van der Waals surface area contributed by atoms with Crippen LogP contribution in [0.25, 0.3) is 0 Å². The second-order valence-electron chi connectivity index (χ2n) is 7.35. The highest BCUT2D eigenvalue weighted by Crippen LogP contribution is 2.77. The molecule has 1 rings (SSSR count). The maximum Gasteiger partial charge on any atom is 0.189 e. The first-order chi connectivity index (χ1) is 15.9. The Morgan fingerprint density at radius 2 is 0.316 bits per heavy atom. The summed E-state index contributed by atoms with van der Waals surface area (Å²) in [4.78, 5) is 0. The van der Waals surface area contributed by atoms with Gasteiger partial charge in [0.1, 0.15) is 5.38 Å². The van der Waals surface area contributed by atoms with E-state index in [4.69, 9.17) is 290 Å². The quantitative estimate of drug-likeness (QED) is 0.212. The third-order valence-electron chi connectivity index (χ3n) is 5.02. The third kappa shape index (κ3) is 5.52. The van der Waals surface area contributed by atoms with Crippen molar-refractivity contribution in [3.63, 3.8) is 0 Å². The molecule has 1 aliphatic rings. The van der Waals surface area contributed by atoms with E-state index in [-0.39, 0.29) is 0 Å². The Hall–Kier alpha value is 7.25. The van der Waals surface area contributed by atoms with Crippen molar-refractivity contribution < 1.29 is 0 Å². The molecule has 0 spiro atoms. The van der Waals surface area contributed by atoms with Gasteiger partial charge in [-0.25, -0.2) is 0 Å². The monoisotopic (exact) mass is 1030 g/mol. The average Bonchev–Trinajstić information content (AvgIpc) is 2.70. The van der Waals surface area contributed by atoms with Crippen LogP contribution in [-0.2, 0) is 0 Å². The topological polar surface area (TPSA) is 0 Å². The summed E-state index contributed by atoms with van der Waals surface area (Å²) in [6.07, 6.45) is 0. The molecule has 0 atom stereocenters. The van der Waals surface area contributed by atoms with Gasteiger partial charge < -0.3 is 0 Å². The molecule has 38 heavy (non-hydrogen) atoms. The Morgan fingerprint density at radius 3 is 0.447 bits per heavy atom. The molecule has 0 saturated heterocycles. The molecule has 0 nitrogen and oxygen atoms in total. The molecule has 0 aromatic rings. The minimum Gasteiger partial charge on any atom is -0.116 e. The Morgan fingerprint density at radius 1 is 0.211 bits per heavy atom. The lowest BCUT2D eigenvalue weighted by Crippen LogP contribution is -2.73. The second-order valence-corrected chi connectivity index (χ2v) is 23.8. The summed E-state index contributed by atoms with van der Waals surface area (Å²) in [5.74, 6) is 0. The highest BCUT2D eigenvalue weighted by molar-refractivity contribution is 6.84. The number of rotatable bonds is 0. The maximum atomic E-state index is 6.41. The van der Waals surface area contributed by atoms with E-state index >= 15 is 0 Å². The second kappa shape index (κ2) is 12.2. The molecule has 1 fully saturated rings. The van der Waals surface area contributed by atoms with E-state index in [1.165, 1.54) is 0 Å². The standard InChI is InChI=1S/C13HCl25/c14-1-2(15,16)4(19,20)6(23,24)8(27,28)10(31,32)12(35,36)13(37,38)11(33,34)9(29,30)7(25,26)5(21,22)3(1,17)18/h1H. The molecular weight excluding hydrogens is 1040 g/mol. The molecule has 0 N–H and O–H groups in total. The van der Waals surface area contributed by atoms with Gasteiger partial charge in [-0.1, -0.05) is 278 Å². The number of alkyl halides is 25. The molecule has 1 saturated carbocycles. The Balaban J connectivity index is 4.56. The van der Waals surface area contributed by atoms with Gasteiger partial charge in [-0.15, -0.1) is 11.6 Å². The Labute approximate surface area is 342 Å². The summed E-state index contributed by atoms with van der Waals surface area (Å²) in [7, 11) is 0. The van der Waals surface area contributed by atoms with Crippen molar-refractivity contribution in [2.24, 2.45) is 0 Å². The number of hydrogen-bond donors (Lipinski definition) is 0. The SMILES string of the molecule is ClC1C(Cl)(Cl)C(Cl)(Cl)C(Cl)(Cl)C(Cl)(Cl)C(Cl)(Cl)C(Cl)(Cl)C(Cl)(Cl)C(Cl)(Cl)C(Cl)(Cl)C(Cl)(Cl)C(Cl)(Cl)C1(Cl)Cl. The molecule has 0 unspecified atom stereocenters. The Kier molecular flexibility index (Phi) is 13.9. The predicted molar refractivity (Wildman–Crippen MR) is 183 cm³/mol. The largest absolute Gasteiger partial charge is 0.189 e. The molecule has 228 valence electrons. The molecule has 0 heterocycles. The van der Waals surface area contributed by atoms with E-state index in [9.17, 15) is 0 Å². The minimum atomic E-state index is -3.31. The molecule has 25 heteroatoms. The van der Waals surface area contributed by atoms with Gasteiger partial charge >= 0.3 is 0 Å². The average molecular weight is 1040 g/mol. The van der Waals surface area contributed by atoms with Crippen molar-refractivity contribution in [3.8, 4) is 0 Å². The predicted octanol–water partition coefficient (Wildman–Crippen LogP) is 14.7. The molecule has 0 aromatic heterocycles. The van der Waals surface area contributed by atoms with Gasteiger partial charge in [0.25, 0.3) is 0 Å². The van der Waals surface area contributed by atoms with E-state index in [2.05, 4.69) is 0 Å². The van der Waals surface area contributed by atoms with Crippen LogP contribution in [0.3, 0.4) is 0 Å². The van der Waals surface area contributed by atoms with E-state index in [1.807, 2.05) is 0 Å². The van der Waals surface area contributed by atoms with Gasteiger partial charge in [0.05, 0.1) is 0 Å². The van der Waals surface area contributed by atoms with E-state index < -0.39 is 57.4 Å². The van der Waals surface area contributed by atoms with Crippen molar-refractivity contribution in [1.82, 2.24) is 0 Å². The number of halogens is 25. The van der Waals surface area contributed by atoms with Crippen LogP contribution in [-0.4, -0.2) is 57.4 Å². The van der Waals surface area contributed by atoms with Crippen LogP contribution in [0.5, 0.6) is 0 Å². The zero-order valence-corrected chi connectivity index (χ0v) is 34.9. The smallest absolute Gasteiger partial charge is 0.116 e. The van der Waals surface area contributed by atoms with Gasteiger partial charge in [-0.2, -0.15) is 0 Å². The van der Waals surface area contributed by atoms with Crippen LogP contribution in [0.4, 0.5) is 0 Å². The fraction of sp³-hybridized carbons (Fsp3) is 1.00. The summed E-state index contributed by atoms with van der Waals surface area (Å²) in [6, 6.07) is 0. The summed E-state index contributed by atoms with van der Waals surface area (Å²) in [5.41, 5.74) is 0. The van der Waals surface area contributed by atoms with E-state index in [1.54, 1.807) is 0 Å². The van der Waals surface area contributed by atoms with Gasteiger partial charge in [-0.3, -0.25) is 0 Å². The van der Waals surface area contributed by atoms with Crippen molar-refractivity contribution >= 4 is 290 Å². The zero-order valence-electron chi connectivity index (χ0n) is 16.0. The highest BCUT2D eigenvalue weighted by atomic mass is 35.6. The van der Waals surface area contributed by atoms with Gasteiger partial charge in [0.2, 0.25) is 0 Å². The van der Waals surface area contributed by atoms with Crippen LogP contribution in [0.2, 0.25) is 0 Å². The lowest BCUT2D eigenvalue weighted by Gasteiger charge is -2.56. The zero-order chi connectivity index (χ0) is 31.6. The summed E-state index contributed by atoms with van der Waals surface area (Å²) >= 11 is 160. The molecular formula is C13HCl25. The van der Waals surface area contributed by atoms with Crippen molar-refractivity contribution in [3.05, 3.63) is 0 Å². The molecule has 0 aliphatic heterocycles. The van der Waals surface area contributed by atoms with Gasteiger partial charge in [-0.05, 0) is 0 Å². The number of hydrogen-bond acceptors (Lipinski definition) is 0. The van der Waals surface area contributed by atoms with Crippen molar-refractivity contribution in [2.75, 3.05) is 0 Å². The molecule has 0 aromatic carbocycles. The van der Waals surface area contributed by atoms with Crippen LogP contribution in [0.15, 0.2) is 0 Å². The van der Waals surface area contributed by atoms with Crippen LogP contribution in [0, 0.1) is 0 Å². The van der Waals surface area contributed by atoms with Crippen LogP contribution >= 0.6 is 290 Å². The first kappa shape index (κ1) is 43.3. The Bertz CT molecular complexity index is 848. The van der Waals surface area contributed by atoms with Gasteiger partial charge in [0, 0.05) is 0 Å².